The van der Waals surface area contributed by atoms with Crippen molar-refractivity contribution in [2.45, 2.75) is 39.8 Å². The maximum atomic E-state index is 13.4. The Kier molecular flexibility index (Phi) is 5.78. The quantitative estimate of drug-likeness (QED) is 0.791. The van der Waals surface area contributed by atoms with Crippen molar-refractivity contribution >= 4 is 0 Å². The highest BCUT2D eigenvalue weighted by molar-refractivity contribution is 5.43. The van der Waals surface area contributed by atoms with E-state index in [1.165, 1.54) is 6.07 Å². The molecule has 0 amide bonds. The van der Waals surface area contributed by atoms with E-state index in [-0.39, 0.29) is 5.56 Å². The van der Waals surface area contributed by atoms with Crippen molar-refractivity contribution in [1.29, 1.82) is 5.26 Å². The third-order valence-electron chi connectivity index (χ3n) is 3.02. The van der Waals surface area contributed by atoms with Gasteiger partial charge in [-0.05, 0) is 39.8 Å². The Hall–Kier alpha value is -1.60. The molecule has 1 rings (SSSR count). The minimum Gasteiger partial charge on any atom is -0.491 e. The summed E-state index contributed by atoms with van der Waals surface area (Å²) in [4.78, 5) is 2.28. The van der Waals surface area contributed by atoms with Crippen LogP contribution in [-0.4, -0.2) is 30.1 Å². The number of nitriles is 1. The molecule has 0 N–H and O–H groups in total. The molecule has 0 heterocycles. The predicted molar refractivity (Wildman–Crippen MR) is 73.6 cm³/mol. The van der Waals surface area contributed by atoms with Gasteiger partial charge in [0.05, 0.1) is 0 Å². The summed E-state index contributed by atoms with van der Waals surface area (Å²) in [6, 6.07) is 7.11. The van der Waals surface area contributed by atoms with Gasteiger partial charge in [0, 0.05) is 18.6 Å². The molecule has 19 heavy (non-hydrogen) atoms. The molecule has 0 atom stereocenters. The standard InChI is InChI=1S/C15H21FN2O/c1-11(2)18(12(3)4)8-9-19-15-7-5-6-14(16)13(15)10-17/h5-7,11-12H,8-9H2,1-4H3. The zero-order chi connectivity index (χ0) is 14.4. The molecule has 4 heteroatoms. The summed E-state index contributed by atoms with van der Waals surface area (Å²) in [5, 5.41) is 8.90. The summed E-state index contributed by atoms with van der Waals surface area (Å²) in [6.45, 7) is 9.70. The largest absolute Gasteiger partial charge is 0.491 e. The van der Waals surface area contributed by atoms with Crippen LogP contribution in [0.25, 0.3) is 0 Å². The Morgan fingerprint density at radius 2 is 1.89 bits per heavy atom. The summed E-state index contributed by atoms with van der Waals surface area (Å²) in [5.41, 5.74) is -0.0249. The van der Waals surface area contributed by atoms with Gasteiger partial charge in [-0.15, -0.1) is 0 Å². The van der Waals surface area contributed by atoms with Crippen LogP contribution in [0.3, 0.4) is 0 Å². The summed E-state index contributed by atoms with van der Waals surface area (Å²) in [5.74, 6) is -0.223. The summed E-state index contributed by atoms with van der Waals surface area (Å²) in [6.07, 6.45) is 0. The molecule has 1 aromatic carbocycles. The van der Waals surface area contributed by atoms with Crippen LogP contribution < -0.4 is 4.74 Å². The second-order valence-corrected chi connectivity index (χ2v) is 5.00. The molecule has 0 aromatic heterocycles. The normalized spacial score (nSPS) is 11.1. The summed E-state index contributed by atoms with van der Waals surface area (Å²) < 4.78 is 18.9. The van der Waals surface area contributed by atoms with Gasteiger partial charge in [0.25, 0.3) is 0 Å². The molecule has 0 aliphatic carbocycles. The van der Waals surface area contributed by atoms with E-state index in [9.17, 15) is 4.39 Å². The maximum absolute atomic E-state index is 13.4. The molecule has 0 saturated carbocycles. The Labute approximate surface area is 114 Å². The molecule has 0 saturated heterocycles. The fourth-order valence-corrected chi connectivity index (χ4v) is 2.11. The fraction of sp³-hybridized carbons (Fsp3) is 0.533. The summed E-state index contributed by atoms with van der Waals surface area (Å²) >= 11 is 0. The second-order valence-electron chi connectivity index (χ2n) is 5.00. The van der Waals surface area contributed by atoms with E-state index in [0.29, 0.717) is 24.4 Å². The Morgan fingerprint density at radius 1 is 1.26 bits per heavy atom. The third-order valence-corrected chi connectivity index (χ3v) is 3.02. The average Bonchev–Trinajstić information content (AvgIpc) is 2.33. The first-order chi connectivity index (χ1) is 8.97. The number of halogens is 1. The minimum absolute atomic E-state index is 0.0249. The lowest BCUT2D eigenvalue weighted by atomic mass is 10.2. The highest BCUT2D eigenvalue weighted by Crippen LogP contribution is 2.20. The first-order valence-electron chi connectivity index (χ1n) is 6.54. The Bertz CT molecular complexity index is 444. The van der Waals surface area contributed by atoms with E-state index in [1.807, 2.05) is 6.07 Å². The topological polar surface area (TPSA) is 36.3 Å². The molecule has 0 aliphatic rings. The lowest BCUT2D eigenvalue weighted by molar-refractivity contribution is 0.141. The van der Waals surface area contributed by atoms with Gasteiger partial charge in [-0.25, -0.2) is 4.39 Å². The monoisotopic (exact) mass is 264 g/mol. The van der Waals surface area contributed by atoms with Crippen LogP contribution in [0.2, 0.25) is 0 Å². The molecule has 0 bridgehead atoms. The van der Waals surface area contributed by atoms with Crippen molar-refractivity contribution in [3.63, 3.8) is 0 Å². The average molecular weight is 264 g/mol. The first kappa shape index (κ1) is 15.5. The van der Waals surface area contributed by atoms with Crippen molar-refractivity contribution in [1.82, 2.24) is 4.90 Å². The van der Waals surface area contributed by atoms with Gasteiger partial charge < -0.3 is 4.74 Å². The molecule has 0 unspecified atom stereocenters. The zero-order valence-corrected chi connectivity index (χ0v) is 12.0. The summed E-state index contributed by atoms with van der Waals surface area (Å²) in [7, 11) is 0. The molecule has 0 aliphatic heterocycles. The van der Waals surface area contributed by atoms with Crippen LogP contribution >= 0.6 is 0 Å². The highest BCUT2D eigenvalue weighted by Gasteiger charge is 2.14. The molecule has 104 valence electrons. The van der Waals surface area contributed by atoms with E-state index in [0.717, 1.165) is 6.54 Å². The van der Waals surface area contributed by atoms with Gasteiger partial charge in [-0.1, -0.05) is 6.07 Å². The van der Waals surface area contributed by atoms with E-state index >= 15 is 0 Å². The smallest absolute Gasteiger partial charge is 0.144 e. The zero-order valence-electron chi connectivity index (χ0n) is 12.0. The number of ether oxygens (including phenoxy) is 1. The lowest BCUT2D eigenvalue weighted by Crippen LogP contribution is -2.39. The predicted octanol–water partition coefficient (Wildman–Crippen LogP) is 3.19. The fourth-order valence-electron chi connectivity index (χ4n) is 2.11. The van der Waals surface area contributed by atoms with E-state index in [4.69, 9.17) is 10.00 Å². The van der Waals surface area contributed by atoms with Crippen molar-refractivity contribution < 1.29 is 9.13 Å². The Morgan fingerprint density at radius 3 is 2.42 bits per heavy atom. The van der Waals surface area contributed by atoms with Gasteiger partial charge in [-0.3, -0.25) is 4.90 Å². The van der Waals surface area contributed by atoms with E-state index in [1.54, 1.807) is 12.1 Å². The number of hydrogen-bond donors (Lipinski definition) is 0. The molecule has 1 aromatic rings. The third kappa shape index (κ3) is 4.22. The lowest BCUT2D eigenvalue weighted by Gasteiger charge is -2.30. The first-order valence-corrected chi connectivity index (χ1v) is 6.54. The number of benzene rings is 1. The van der Waals surface area contributed by atoms with Crippen molar-refractivity contribution in [2.24, 2.45) is 0 Å². The molecular formula is C15H21FN2O. The minimum atomic E-state index is -0.537. The van der Waals surface area contributed by atoms with Crippen LogP contribution in [0.1, 0.15) is 33.3 Å². The van der Waals surface area contributed by atoms with Crippen molar-refractivity contribution in [3.05, 3.63) is 29.6 Å². The number of nitrogens with zero attached hydrogens (tertiary/aromatic N) is 2. The van der Waals surface area contributed by atoms with E-state index in [2.05, 4.69) is 32.6 Å². The van der Waals surface area contributed by atoms with Crippen LogP contribution in [0.15, 0.2) is 18.2 Å². The van der Waals surface area contributed by atoms with Gasteiger partial charge in [0.1, 0.15) is 29.8 Å². The van der Waals surface area contributed by atoms with Crippen molar-refractivity contribution in [2.75, 3.05) is 13.2 Å². The molecule has 0 fully saturated rings. The van der Waals surface area contributed by atoms with Crippen LogP contribution in [-0.2, 0) is 0 Å². The Balaban J connectivity index is 2.63. The van der Waals surface area contributed by atoms with E-state index < -0.39 is 5.82 Å². The second kappa shape index (κ2) is 7.10. The van der Waals surface area contributed by atoms with Crippen molar-refractivity contribution in [3.8, 4) is 11.8 Å². The highest BCUT2D eigenvalue weighted by atomic mass is 19.1. The molecule has 0 spiro atoms. The maximum Gasteiger partial charge on any atom is 0.144 e. The number of rotatable bonds is 6. The van der Waals surface area contributed by atoms with Crippen LogP contribution in [0.4, 0.5) is 4.39 Å². The van der Waals surface area contributed by atoms with Gasteiger partial charge in [0.15, 0.2) is 0 Å². The van der Waals surface area contributed by atoms with Crippen LogP contribution in [0, 0.1) is 17.1 Å². The molecule has 0 radical (unpaired) electrons. The SMILES string of the molecule is CC(C)N(CCOc1cccc(F)c1C#N)C(C)C. The number of hydrogen-bond acceptors (Lipinski definition) is 3. The van der Waals surface area contributed by atoms with Gasteiger partial charge in [-0.2, -0.15) is 5.26 Å². The molecule has 3 nitrogen and oxygen atoms in total. The van der Waals surface area contributed by atoms with Gasteiger partial charge >= 0.3 is 0 Å². The van der Waals surface area contributed by atoms with Crippen LogP contribution in [0.5, 0.6) is 5.75 Å². The molecular weight excluding hydrogens is 243 g/mol. The van der Waals surface area contributed by atoms with Gasteiger partial charge in [0.2, 0.25) is 0 Å².